The molecule has 2 aromatic rings. The van der Waals surface area contributed by atoms with E-state index >= 15 is 0 Å². The van der Waals surface area contributed by atoms with Gasteiger partial charge in [0.15, 0.2) is 10.3 Å². The monoisotopic (exact) mass is 408 g/mol. The average molecular weight is 409 g/mol. The van der Waals surface area contributed by atoms with Crippen molar-refractivity contribution in [2.45, 2.75) is 44.8 Å². The molecule has 1 atom stereocenters. The van der Waals surface area contributed by atoms with Gasteiger partial charge in [-0.25, -0.2) is 9.97 Å². The SMILES string of the molecule is CCOC(=O)Cc1csc(NC(=O)CC2CSc3nc(C)c(C)c(=O)n32)n1. The van der Waals surface area contributed by atoms with Gasteiger partial charge >= 0.3 is 5.97 Å². The molecular weight excluding hydrogens is 388 g/mol. The molecule has 0 aromatic carbocycles. The lowest BCUT2D eigenvalue weighted by molar-refractivity contribution is -0.142. The second kappa shape index (κ2) is 8.22. The van der Waals surface area contributed by atoms with Crippen LogP contribution < -0.4 is 10.9 Å². The van der Waals surface area contributed by atoms with E-state index in [4.69, 9.17) is 4.74 Å². The van der Waals surface area contributed by atoms with Gasteiger partial charge in [-0.3, -0.25) is 19.0 Å². The van der Waals surface area contributed by atoms with E-state index in [0.29, 0.717) is 33.9 Å². The fourth-order valence-electron chi connectivity index (χ4n) is 2.71. The first-order valence-electron chi connectivity index (χ1n) is 8.51. The highest BCUT2D eigenvalue weighted by molar-refractivity contribution is 7.99. The fourth-order valence-corrected chi connectivity index (χ4v) is 4.62. The van der Waals surface area contributed by atoms with Crippen LogP contribution in [0.25, 0.3) is 0 Å². The van der Waals surface area contributed by atoms with Gasteiger partial charge in [0, 0.05) is 28.8 Å². The largest absolute Gasteiger partial charge is 0.466 e. The van der Waals surface area contributed by atoms with E-state index in [1.807, 2.05) is 6.92 Å². The van der Waals surface area contributed by atoms with E-state index in [0.717, 1.165) is 5.69 Å². The van der Waals surface area contributed by atoms with Crippen molar-refractivity contribution in [3.63, 3.8) is 0 Å². The third kappa shape index (κ3) is 4.38. The lowest BCUT2D eigenvalue weighted by Crippen LogP contribution is -2.29. The highest BCUT2D eigenvalue weighted by Gasteiger charge is 2.28. The summed E-state index contributed by atoms with van der Waals surface area (Å²) in [5.41, 5.74) is 1.80. The zero-order chi connectivity index (χ0) is 19.6. The number of aryl methyl sites for hydroxylation is 1. The highest BCUT2D eigenvalue weighted by atomic mass is 32.2. The summed E-state index contributed by atoms with van der Waals surface area (Å²) >= 11 is 2.74. The summed E-state index contributed by atoms with van der Waals surface area (Å²) in [7, 11) is 0. The maximum Gasteiger partial charge on any atom is 0.311 e. The molecule has 0 saturated carbocycles. The minimum Gasteiger partial charge on any atom is -0.466 e. The van der Waals surface area contributed by atoms with E-state index < -0.39 is 0 Å². The third-order valence-electron chi connectivity index (χ3n) is 4.17. The molecule has 10 heteroatoms. The molecule has 3 rings (SSSR count). The molecule has 2 aromatic heterocycles. The molecule has 1 amide bonds. The molecular formula is C17H20N4O4S2. The van der Waals surface area contributed by atoms with Crippen molar-refractivity contribution in [1.82, 2.24) is 14.5 Å². The first kappa shape index (κ1) is 19.6. The number of amides is 1. The number of ether oxygens (including phenoxy) is 1. The van der Waals surface area contributed by atoms with E-state index in [2.05, 4.69) is 15.3 Å². The van der Waals surface area contributed by atoms with Gasteiger partial charge in [0.25, 0.3) is 5.56 Å². The standard InChI is InChI=1S/C17H20N4O4S2/c1-4-25-14(23)5-11-7-26-16(19-11)20-13(22)6-12-8-27-17-18-10(3)9(2)15(24)21(12)17/h7,12H,4-6,8H2,1-3H3,(H,19,20,22). The topological polar surface area (TPSA) is 103 Å². The number of fused-ring (bicyclic) bond motifs is 1. The van der Waals surface area contributed by atoms with Crippen LogP contribution in [0.15, 0.2) is 15.3 Å². The van der Waals surface area contributed by atoms with Gasteiger partial charge in [0.05, 0.1) is 24.8 Å². The number of nitrogens with one attached hydrogen (secondary N) is 1. The summed E-state index contributed by atoms with van der Waals surface area (Å²) in [5.74, 6) is 0.0540. The number of thioether (sulfide) groups is 1. The van der Waals surface area contributed by atoms with E-state index in [1.54, 1.807) is 23.8 Å². The van der Waals surface area contributed by atoms with Crippen LogP contribution in [0.5, 0.6) is 0 Å². The average Bonchev–Trinajstić information content (AvgIpc) is 3.20. The Bertz CT molecular complexity index is 938. The Labute approximate surface area is 164 Å². The summed E-state index contributed by atoms with van der Waals surface area (Å²) in [6, 6.07) is -0.233. The van der Waals surface area contributed by atoms with E-state index in [-0.39, 0.29) is 36.3 Å². The van der Waals surface area contributed by atoms with Crippen LogP contribution in [0, 0.1) is 13.8 Å². The number of carbonyl (C=O) groups is 2. The lowest BCUT2D eigenvalue weighted by atomic mass is 10.2. The summed E-state index contributed by atoms with van der Waals surface area (Å²) in [4.78, 5) is 45.1. The van der Waals surface area contributed by atoms with Gasteiger partial charge in [0.1, 0.15) is 0 Å². The van der Waals surface area contributed by atoms with Crippen molar-refractivity contribution in [2.75, 3.05) is 17.7 Å². The second-order valence-electron chi connectivity index (χ2n) is 6.12. The zero-order valence-corrected chi connectivity index (χ0v) is 16.9. The van der Waals surface area contributed by atoms with Crippen molar-refractivity contribution in [1.29, 1.82) is 0 Å². The Morgan fingerprint density at radius 3 is 2.89 bits per heavy atom. The number of hydrogen-bond donors (Lipinski definition) is 1. The zero-order valence-electron chi connectivity index (χ0n) is 15.3. The van der Waals surface area contributed by atoms with Gasteiger partial charge in [-0.15, -0.1) is 11.3 Å². The molecule has 0 bridgehead atoms. The lowest BCUT2D eigenvalue weighted by Gasteiger charge is -2.13. The minimum absolute atomic E-state index is 0.0759. The number of esters is 1. The van der Waals surface area contributed by atoms with Crippen molar-refractivity contribution in [3.8, 4) is 0 Å². The molecule has 0 radical (unpaired) electrons. The summed E-state index contributed by atoms with van der Waals surface area (Å²) in [5, 5.41) is 5.54. The van der Waals surface area contributed by atoms with Crippen molar-refractivity contribution in [2.24, 2.45) is 0 Å². The number of thiazole rings is 1. The fraction of sp³-hybridized carbons (Fsp3) is 0.471. The Morgan fingerprint density at radius 1 is 1.37 bits per heavy atom. The van der Waals surface area contributed by atoms with E-state index in [1.165, 1.54) is 23.1 Å². The maximum absolute atomic E-state index is 12.5. The molecule has 3 heterocycles. The maximum atomic E-state index is 12.5. The number of nitrogens with zero attached hydrogens (tertiary/aromatic N) is 3. The summed E-state index contributed by atoms with van der Waals surface area (Å²) in [6.45, 7) is 5.63. The molecule has 0 fully saturated rings. The van der Waals surface area contributed by atoms with E-state index in [9.17, 15) is 14.4 Å². The van der Waals surface area contributed by atoms with Gasteiger partial charge < -0.3 is 10.1 Å². The van der Waals surface area contributed by atoms with Crippen LogP contribution in [0.2, 0.25) is 0 Å². The number of rotatable bonds is 6. The predicted molar refractivity (Wildman–Crippen MR) is 103 cm³/mol. The van der Waals surface area contributed by atoms with Crippen molar-refractivity contribution in [3.05, 3.63) is 32.7 Å². The summed E-state index contributed by atoms with van der Waals surface area (Å²) < 4.78 is 6.50. The van der Waals surface area contributed by atoms with Crippen LogP contribution >= 0.6 is 23.1 Å². The third-order valence-corrected chi connectivity index (χ3v) is 6.08. The molecule has 1 N–H and O–H groups in total. The number of hydrogen-bond acceptors (Lipinski definition) is 8. The number of anilines is 1. The number of carbonyl (C=O) groups excluding carboxylic acids is 2. The highest BCUT2D eigenvalue weighted by Crippen LogP contribution is 2.32. The smallest absolute Gasteiger partial charge is 0.311 e. The Morgan fingerprint density at radius 2 is 2.15 bits per heavy atom. The molecule has 1 aliphatic rings. The van der Waals surface area contributed by atoms with Crippen LogP contribution in [-0.2, 0) is 20.7 Å². The normalized spacial score (nSPS) is 15.4. The Kier molecular flexibility index (Phi) is 5.95. The number of aromatic nitrogens is 3. The van der Waals surface area contributed by atoms with Gasteiger partial charge in [-0.2, -0.15) is 0 Å². The quantitative estimate of drug-likeness (QED) is 0.577. The van der Waals surface area contributed by atoms with Crippen LogP contribution in [0.4, 0.5) is 5.13 Å². The predicted octanol–water partition coefficient (Wildman–Crippen LogP) is 2.10. The van der Waals surface area contributed by atoms with Crippen LogP contribution in [-0.4, -0.2) is 38.8 Å². The second-order valence-corrected chi connectivity index (χ2v) is 7.97. The Hall–Kier alpha value is -2.20. The minimum atomic E-state index is -0.349. The molecule has 8 nitrogen and oxygen atoms in total. The van der Waals surface area contributed by atoms with Crippen LogP contribution in [0.3, 0.4) is 0 Å². The molecule has 144 valence electrons. The molecule has 0 spiro atoms. The molecule has 0 saturated heterocycles. The van der Waals surface area contributed by atoms with Crippen molar-refractivity contribution < 1.29 is 14.3 Å². The Balaban J connectivity index is 1.64. The van der Waals surface area contributed by atoms with Crippen LogP contribution in [0.1, 0.15) is 36.3 Å². The molecule has 27 heavy (non-hydrogen) atoms. The van der Waals surface area contributed by atoms with Crippen molar-refractivity contribution >= 4 is 40.1 Å². The molecule has 1 aliphatic heterocycles. The van der Waals surface area contributed by atoms with Gasteiger partial charge in [-0.1, -0.05) is 11.8 Å². The first-order chi connectivity index (χ1) is 12.9. The first-order valence-corrected chi connectivity index (χ1v) is 10.4. The molecule has 1 unspecified atom stereocenters. The van der Waals surface area contributed by atoms with Gasteiger partial charge in [0.2, 0.25) is 5.91 Å². The summed E-state index contributed by atoms with van der Waals surface area (Å²) in [6.07, 6.45) is 0.240. The van der Waals surface area contributed by atoms with Gasteiger partial charge in [-0.05, 0) is 20.8 Å². The molecule has 0 aliphatic carbocycles.